The van der Waals surface area contributed by atoms with E-state index >= 15 is 0 Å². The summed E-state index contributed by atoms with van der Waals surface area (Å²) in [4.78, 5) is 10.1. The molecule has 2 aromatic carbocycles. The Balaban J connectivity index is 1.71. The maximum Gasteiger partial charge on any atom is 0.128 e. The molecule has 2 aromatic heterocycles. The van der Waals surface area contributed by atoms with E-state index in [1.165, 1.54) is 22.3 Å². The molecule has 0 spiro atoms. The summed E-state index contributed by atoms with van der Waals surface area (Å²) in [6.45, 7) is 2.11. The second-order valence-electron chi connectivity index (χ2n) is 5.79. The minimum Gasteiger partial charge on any atom is -0.229 e. The summed E-state index contributed by atoms with van der Waals surface area (Å²) < 4.78 is 1.11. The molecular weight excluding hydrogens is 412 g/mol. The second kappa shape index (κ2) is 7.28. The van der Waals surface area contributed by atoms with Crippen LogP contribution >= 0.6 is 39.0 Å². The van der Waals surface area contributed by atoms with Crippen molar-refractivity contribution in [3.05, 3.63) is 75.8 Å². The zero-order valence-electron chi connectivity index (χ0n) is 13.6. The van der Waals surface area contributed by atoms with Crippen molar-refractivity contribution in [1.29, 1.82) is 0 Å². The van der Waals surface area contributed by atoms with Crippen LogP contribution in [-0.2, 0) is 5.75 Å². The van der Waals surface area contributed by atoms with Crippen molar-refractivity contribution in [1.82, 2.24) is 9.97 Å². The summed E-state index contributed by atoms with van der Waals surface area (Å²) in [5.41, 5.74) is 4.98. The molecule has 0 aliphatic carbocycles. The van der Waals surface area contributed by atoms with Gasteiger partial charge in [-0.3, -0.25) is 0 Å². The highest BCUT2D eigenvalue weighted by atomic mass is 79.9. The highest BCUT2D eigenvalue weighted by Gasteiger charge is 2.13. The molecule has 25 heavy (non-hydrogen) atoms. The number of aryl methyl sites for hydroxylation is 1. The molecule has 4 aromatic rings. The van der Waals surface area contributed by atoms with Crippen molar-refractivity contribution in [3.8, 4) is 11.1 Å². The van der Waals surface area contributed by atoms with Gasteiger partial charge < -0.3 is 0 Å². The lowest BCUT2D eigenvalue weighted by Gasteiger charge is -2.06. The maximum atomic E-state index is 4.57. The molecule has 124 valence electrons. The van der Waals surface area contributed by atoms with Gasteiger partial charge in [-0.2, -0.15) is 0 Å². The Morgan fingerprint density at radius 1 is 1.08 bits per heavy atom. The molecule has 0 aliphatic rings. The number of halogens is 1. The lowest BCUT2D eigenvalue weighted by atomic mass is 10.1. The van der Waals surface area contributed by atoms with Crippen LogP contribution in [0.1, 0.15) is 11.1 Å². The van der Waals surface area contributed by atoms with Crippen LogP contribution in [0.25, 0.3) is 21.3 Å². The average molecular weight is 427 g/mol. The molecule has 5 heteroatoms. The monoisotopic (exact) mass is 426 g/mol. The van der Waals surface area contributed by atoms with Gasteiger partial charge in [0.2, 0.25) is 0 Å². The van der Waals surface area contributed by atoms with Gasteiger partial charge in [0.05, 0.1) is 5.39 Å². The van der Waals surface area contributed by atoms with Gasteiger partial charge >= 0.3 is 0 Å². The fraction of sp³-hybridized carbons (Fsp3) is 0.100. The van der Waals surface area contributed by atoms with Crippen LogP contribution in [-0.4, -0.2) is 9.97 Å². The van der Waals surface area contributed by atoms with Crippen molar-refractivity contribution in [2.24, 2.45) is 0 Å². The Kier molecular flexibility index (Phi) is 4.88. The predicted molar refractivity (Wildman–Crippen MR) is 111 cm³/mol. The molecule has 0 bridgehead atoms. The van der Waals surface area contributed by atoms with Crippen molar-refractivity contribution < 1.29 is 0 Å². The molecule has 4 rings (SSSR count). The van der Waals surface area contributed by atoms with E-state index in [1.54, 1.807) is 29.4 Å². The molecule has 0 saturated heterocycles. The number of thiophene rings is 1. The van der Waals surface area contributed by atoms with Crippen LogP contribution in [0.4, 0.5) is 0 Å². The number of nitrogens with zero attached hydrogens (tertiary/aromatic N) is 2. The highest BCUT2D eigenvalue weighted by Crippen LogP contribution is 2.38. The van der Waals surface area contributed by atoms with Crippen LogP contribution < -0.4 is 0 Å². The van der Waals surface area contributed by atoms with E-state index in [4.69, 9.17) is 0 Å². The second-order valence-corrected chi connectivity index (χ2v) is 8.53. The SMILES string of the molecule is Cc1ccc(-c2csc3ncnc(SCc4cccc(Br)c4)c23)cc1. The first kappa shape index (κ1) is 16.8. The van der Waals surface area contributed by atoms with E-state index in [9.17, 15) is 0 Å². The van der Waals surface area contributed by atoms with E-state index in [1.807, 2.05) is 6.07 Å². The molecule has 2 nitrogen and oxygen atoms in total. The third-order valence-electron chi connectivity index (χ3n) is 3.96. The summed E-state index contributed by atoms with van der Waals surface area (Å²) in [6, 6.07) is 17.1. The Labute approximate surface area is 163 Å². The first-order valence-electron chi connectivity index (χ1n) is 7.87. The summed E-state index contributed by atoms with van der Waals surface area (Å²) in [6.07, 6.45) is 1.67. The largest absolute Gasteiger partial charge is 0.229 e. The minimum absolute atomic E-state index is 0.884. The molecule has 0 N–H and O–H groups in total. The topological polar surface area (TPSA) is 25.8 Å². The highest BCUT2D eigenvalue weighted by molar-refractivity contribution is 9.10. The maximum absolute atomic E-state index is 4.57. The molecule has 0 fully saturated rings. The van der Waals surface area contributed by atoms with E-state index < -0.39 is 0 Å². The molecule has 0 atom stereocenters. The zero-order valence-corrected chi connectivity index (χ0v) is 16.8. The third-order valence-corrected chi connectivity index (χ3v) is 6.40. The fourth-order valence-electron chi connectivity index (χ4n) is 2.68. The van der Waals surface area contributed by atoms with Crippen LogP contribution in [0, 0.1) is 6.92 Å². The van der Waals surface area contributed by atoms with Crippen LogP contribution in [0.5, 0.6) is 0 Å². The lowest BCUT2D eigenvalue weighted by Crippen LogP contribution is -1.87. The standard InChI is InChI=1S/C20H15BrN2S2/c1-13-5-7-15(8-6-13)17-11-25-20-18(17)19(22-12-23-20)24-10-14-3-2-4-16(21)9-14/h2-9,11-12H,10H2,1H3. The number of aromatic nitrogens is 2. The van der Waals surface area contributed by atoms with E-state index in [0.29, 0.717) is 0 Å². The molecule has 2 heterocycles. The van der Waals surface area contributed by atoms with Gasteiger partial charge in [0, 0.05) is 21.2 Å². The van der Waals surface area contributed by atoms with Crippen LogP contribution in [0.15, 0.2) is 69.7 Å². The van der Waals surface area contributed by atoms with Crippen LogP contribution in [0.3, 0.4) is 0 Å². The van der Waals surface area contributed by atoms with E-state index in [0.717, 1.165) is 25.5 Å². The van der Waals surface area contributed by atoms with Crippen LogP contribution in [0.2, 0.25) is 0 Å². The fourth-order valence-corrected chi connectivity index (χ4v) is 5.06. The number of fused-ring (bicyclic) bond motifs is 1. The Bertz CT molecular complexity index is 1030. The Morgan fingerprint density at radius 2 is 1.92 bits per heavy atom. The van der Waals surface area contributed by atoms with Gasteiger partial charge in [0.15, 0.2) is 0 Å². The van der Waals surface area contributed by atoms with Gasteiger partial charge in [-0.25, -0.2) is 9.97 Å². The summed E-state index contributed by atoms with van der Waals surface area (Å²) in [5, 5.41) is 4.39. The van der Waals surface area contributed by atoms with Gasteiger partial charge in [0.25, 0.3) is 0 Å². The van der Waals surface area contributed by atoms with Crippen molar-refractivity contribution in [3.63, 3.8) is 0 Å². The summed E-state index contributed by atoms with van der Waals surface area (Å²) >= 11 is 6.98. The molecule has 0 aliphatic heterocycles. The lowest BCUT2D eigenvalue weighted by molar-refractivity contribution is 1.11. The first-order chi connectivity index (χ1) is 12.2. The number of benzene rings is 2. The summed E-state index contributed by atoms with van der Waals surface area (Å²) in [5.74, 6) is 0.884. The number of rotatable bonds is 4. The van der Waals surface area contributed by atoms with Crippen molar-refractivity contribution >= 4 is 49.2 Å². The normalized spacial score (nSPS) is 11.1. The molecular formula is C20H15BrN2S2. The predicted octanol–water partition coefficient (Wildman–Crippen LogP) is 6.72. The minimum atomic E-state index is 0.884. The van der Waals surface area contributed by atoms with Crippen molar-refractivity contribution in [2.75, 3.05) is 0 Å². The Hall–Kier alpha value is -1.69. The number of thioether (sulfide) groups is 1. The van der Waals surface area contributed by atoms with Gasteiger partial charge in [-0.15, -0.1) is 23.1 Å². The van der Waals surface area contributed by atoms with Gasteiger partial charge in [0.1, 0.15) is 16.2 Å². The van der Waals surface area contributed by atoms with Crippen molar-refractivity contribution in [2.45, 2.75) is 17.7 Å². The quantitative estimate of drug-likeness (QED) is 0.267. The summed E-state index contributed by atoms with van der Waals surface area (Å²) in [7, 11) is 0. The smallest absolute Gasteiger partial charge is 0.128 e. The molecule has 0 radical (unpaired) electrons. The first-order valence-corrected chi connectivity index (χ1v) is 10.5. The van der Waals surface area contributed by atoms with E-state index in [2.05, 4.69) is 80.7 Å². The van der Waals surface area contributed by atoms with E-state index in [-0.39, 0.29) is 0 Å². The average Bonchev–Trinajstić information content (AvgIpc) is 3.05. The van der Waals surface area contributed by atoms with Gasteiger partial charge in [-0.1, -0.05) is 57.9 Å². The third kappa shape index (κ3) is 3.64. The molecule has 0 saturated carbocycles. The molecule has 0 amide bonds. The number of hydrogen-bond donors (Lipinski definition) is 0. The molecule has 0 unspecified atom stereocenters. The Morgan fingerprint density at radius 3 is 2.72 bits per heavy atom. The number of hydrogen-bond acceptors (Lipinski definition) is 4. The zero-order chi connectivity index (χ0) is 17.2. The van der Waals surface area contributed by atoms with Gasteiger partial charge in [-0.05, 0) is 30.2 Å².